The highest BCUT2D eigenvalue weighted by Gasteiger charge is 2.52. The van der Waals surface area contributed by atoms with Crippen molar-refractivity contribution in [2.75, 3.05) is 24.5 Å². The zero-order valence-electron chi connectivity index (χ0n) is 13.4. The van der Waals surface area contributed by atoms with Crippen molar-refractivity contribution in [3.63, 3.8) is 0 Å². The predicted octanol–water partition coefficient (Wildman–Crippen LogP) is 2.63. The van der Waals surface area contributed by atoms with E-state index >= 15 is 0 Å². The van der Waals surface area contributed by atoms with Crippen molar-refractivity contribution in [3.8, 4) is 0 Å². The maximum Gasteiger partial charge on any atom is 0.426 e. The molecular weight excluding hydrogens is 290 g/mol. The summed E-state index contributed by atoms with van der Waals surface area (Å²) in [4.78, 5) is 27.7. The van der Waals surface area contributed by atoms with Crippen molar-refractivity contribution < 1.29 is 9.59 Å². The lowest BCUT2D eigenvalue weighted by molar-refractivity contribution is -0.127. The maximum absolute atomic E-state index is 13.0. The van der Waals surface area contributed by atoms with Crippen molar-refractivity contribution in [2.24, 2.45) is 17.6 Å². The van der Waals surface area contributed by atoms with E-state index in [0.717, 1.165) is 36.7 Å². The number of benzene rings is 1. The number of hydrogen-bond donors (Lipinski definition) is 1. The molecule has 4 rings (SSSR count). The number of primary amides is 1. The summed E-state index contributed by atoms with van der Waals surface area (Å²) in [6, 6.07) is 7.34. The Bertz CT molecular complexity index is 651. The Hall–Kier alpha value is -1.88. The molecule has 2 aliphatic carbocycles. The zero-order chi connectivity index (χ0) is 16.0. The number of nitrogens with zero attached hydrogens (tertiary/aromatic N) is 2. The Labute approximate surface area is 136 Å². The largest absolute Gasteiger partial charge is 0.426 e. The minimum absolute atomic E-state index is 0.0462. The molecule has 2 fully saturated rings. The van der Waals surface area contributed by atoms with Crippen LogP contribution in [0.15, 0.2) is 24.3 Å². The number of para-hydroxylation sites is 2. The molecule has 1 aromatic rings. The number of carbonyl (C=O) groups excluding carboxylic acids is 2. The third kappa shape index (κ3) is 2.53. The molecule has 2 saturated carbocycles. The molecule has 3 amide bonds. The Kier molecular flexibility index (Phi) is 3.41. The molecule has 5 nitrogen and oxygen atoms in total. The van der Waals surface area contributed by atoms with Gasteiger partial charge in [-0.2, -0.15) is 0 Å². The van der Waals surface area contributed by atoms with Crippen molar-refractivity contribution in [3.05, 3.63) is 24.3 Å². The average molecular weight is 314 g/mol. The summed E-state index contributed by atoms with van der Waals surface area (Å²) in [5, 5.41) is 0. The van der Waals surface area contributed by atoms with E-state index < -0.39 is 6.03 Å². The number of hydrogen-bond acceptors (Lipinski definition) is 3. The summed E-state index contributed by atoms with van der Waals surface area (Å²) in [5.41, 5.74) is 7.61. The lowest BCUT2D eigenvalue weighted by Crippen LogP contribution is -2.62. The number of urea groups is 1. The van der Waals surface area contributed by atoms with Crippen LogP contribution in [0.1, 0.15) is 32.1 Å². The average Bonchev–Trinajstić information content (AvgIpc) is 3.43. The monoisotopic (exact) mass is 314 g/mol. The van der Waals surface area contributed by atoms with E-state index in [1.165, 1.54) is 12.8 Å². The molecule has 3 aliphatic rings. The number of imide groups is 1. The molecular formula is C18H24N3O2+. The summed E-state index contributed by atoms with van der Waals surface area (Å²) < 4.78 is -0.290. The van der Waals surface area contributed by atoms with Crippen LogP contribution in [0.25, 0.3) is 0 Å². The topological polar surface area (TPSA) is 63.4 Å². The fraction of sp³-hybridized carbons (Fsp3) is 0.556. The summed E-state index contributed by atoms with van der Waals surface area (Å²) >= 11 is 0. The molecule has 0 spiro atoms. The number of quaternary nitrogens is 1. The van der Waals surface area contributed by atoms with Gasteiger partial charge in [0.1, 0.15) is 6.54 Å². The first-order valence-corrected chi connectivity index (χ1v) is 8.67. The van der Waals surface area contributed by atoms with Gasteiger partial charge in [0, 0.05) is 25.1 Å². The Morgan fingerprint density at radius 2 is 1.87 bits per heavy atom. The fourth-order valence-electron chi connectivity index (χ4n) is 3.75. The van der Waals surface area contributed by atoms with Gasteiger partial charge in [-0.25, -0.2) is 9.59 Å². The molecule has 122 valence electrons. The van der Waals surface area contributed by atoms with Crippen molar-refractivity contribution in [2.45, 2.75) is 32.1 Å². The lowest BCUT2D eigenvalue weighted by atomic mass is 10.1. The van der Waals surface area contributed by atoms with Gasteiger partial charge >= 0.3 is 11.9 Å². The van der Waals surface area contributed by atoms with Gasteiger partial charge in [0.05, 0.1) is 12.1 Å². The molecule has 1 unspecified atom stereocenters. The van der Waals surface area contributed by atoms with Gasteiger partial charge < -0.3 is 10.6 Å². The van der Waals surface area contributed by atoms with Crippen LogP contribution in [-0.2, 0) is 4.79 Å². The summed E-state index contributed by atoms with van der Waals surface area (Å²) in [6.07, 6.45) is 5.11. The van der Waals surface area contributed by atoms with Crippen LogP contribution >= 0.6 is 0 Å². The standard InChI is InChI=1S/C18H23N3O2/c19-18(23)21(12-14-7-8-14)16-4-2-1-3-15(16)20(10-9-17(21)22)11-13-5-6-13/h1-4,13-14H,5-12H2,(H-,19,23)/p+1. The molecule has 1 atom stereocenters. The second-order valence-corrected chi connectivity index (χ2v) is 7.30. The van der Waals surface area contributed by atoms with Crippen LogP contribution in [0.5, 0.6) is 0 Å². The van der Waals surface area contributed by atoms with Crippen LogP contribution in [0.4, 0.5) is 16.2 Å². The fourth-order valence-corrected chi connectivity index (χ4v) is 3.75. The van der Waals surface area contributed by atoms with Crippen LogP contribution in [0.2, 0.25) is 0 Å². The minimum atomic E-state index is -0.525. The summed E-state index contributed by atoms with van der Waals surface area (Å²) in [7, 11) is 0. The zero-order valence-corrected chi connectivity index (χ0v) is 13.4. The van der Waals surface area contributed by atoms with Crippen molar-refractivity contribution in [1.29, 1.82) is 0 Å². The highest BCUT2D eigenvalue weighted by Crippen LogP contribution is 2.43. The molecule has 0 radical (unpaired) electrons. The van der Waals surface area contributed by atoms with Crippen LogP contribution in [0, 0.1) is 11.8 Å². The number of rotatable bonds is 4. The van der Waals surface area contributed by atoms with E-state index in [9.17, 15) is 9.59 Å². The SMILES string of the molecule is NC(=O)[N+]1(CC2CC2)C(=O)CCN(CC2CC2)c2ccccc21. The number of carbonyl (C=O) groups is 2. The molecule has 1 heterocycles. The Balaban J connectivity index is 1.81. The molecule has 5 heteroatoms. The number of anilines is 1. The predicted molar refractivity (Wildman–Crippen MR) is 90.0 cm³/mol. The van der Waals surface area contributed by atoms with E-state index in [-0.39, 0.29) is 10.4 Å². The Morgan fingerprint density at radius 1 is 1.17 bits per heavy atom. The van der Waals surface area contributed by atoms with Gasteiger partial charge in [-0.15, -0.1) is 4.48 Å². The molecule has 0 bridgehead atoms. The number of nitrogens with two attached hydrogens (primary N) is 1. The van der Waals surface area contributed by atoms with Gasteiger partial charge in [-0.1, -0.05) is 12.1 Å². The smallest absolute Gasteiger partial charge is 0.366 e. The van der Waals surface area contributed by atoms with Gasteiger partial charge in [-0.3, -0.25) is 0 Å². The number of amides is 3. The normalized spacial score (nSPS) is 27.5. The third-order valence-electron chi connectivity index (χ3n) is 5.44. The minimum Gasteiger partial charge on any atom is -0.366 e. The maximum atomic E-state index is 13.0. The molecule has 2 N–H and O–H groups in total. The second-order valence-electron chi connectivity index (χ2n) is 7.30. The first-order valence-electron chi connectivity index (χ1n) is 8.67. The van der Waals surface area contributed by atoms with Crippen LogP contribution in [-0.4, -0.2) is 31.6 Å². The van der Waals surface area contributed by atoms with Crippen LogP contribution < -0.4 is 15.1 Å². The third-order valence-corrected chi connectivity index (χ3v) is 5.44. The van der Waals surface area contributed by atoms with E-state index in [4.69, 9.17) is 5.73 Å². The quantitative estimate of drug-likeness (QED) is 0.869. The second kappa shape index (κ2) is 5.34. The molecule has 0 aromatic heterocycles. The van der Waals surface area contributed by atoms with Crippen LogP contribution in [0.3, 0.4) is 0 Å². The molecule has 1 aromatic carbocycles. The molecule has 23 heavy (non-hydrogen) atoms. The van der Waals surface area contributed by atoms with E-state index in [1.54, 1.807) is 0 Å². The van der Waals surface area contributed by atoms with E-state index in [1.807, 2.05) is 24.3 Å². The van der Waals surface area contributed by atoms with E-state index in [0.29, 0.717) is 25.4 Å². The first kappa shape index (κ1) is 14.7. The van der Waals surface area contributed by atoms with Crippen molar-refractivity contribution >= 4 is 23.3 Å². The van der Waals surface area contributed by atoms with Gasteiger partial charge in [0.15, 0.2) is 5.69 Å². The molecule has 0 saturated heterocycles. The summed E-state index contributed by atoms with van der Waals surface area (Å²) in [6.45, 7) is 2.19. The highest BCUT2D eigenvalue weighted by atomic mass is 16.2. The summed E-state index contributed by atoms with van der Waals surface area (Å²) in [5.74, 6) is 1.12. The van der Waals surface area contributed by atoms with E-state index in [2.05, 4.69) is 4.90 Å². The highest BCUT2D eigenvalue weighted by molar-refractivity contribution is 6.10. The van der Waals surface area contributed by atoms with Gasteiger partial charge in [-0.05, 0) is 37.7 Å². The number of fused-ring (bicyclic) bond motifs is 1. The Morgan fingerprint density at radius 3 is 2.52 bits per heavy atom. The van der Waals surface area contributed by atoms with Gasteiger partial charge in [0.25, 0.3) is 0 Å². The lowest BCUT2D eigenvalue weighted by Gasteiger charge is -2.31. The first-order chi connectivity index (χ1) is 11.1. The van der Waals surface area contributed by atoms with Crippen molar-refractivity contribution in [1.82, 2.24) is 4.48 Å². The van der Waals surface area contributed by atoms with Gasteiger partial charge in [0.2, 0.25) is 0 Å². The molecule has 1 aliphatic heterocycles.